The summed E-state index contributed by atoms with van der Waals surface area (Å²) < 4.78 is 11.1. The second kappa shape index (κ2) is 8.80. The molecule has 4 rings (SSSR count). The molecule has 0 saturated carbocycles. The van der Waals surface area contributed by atoms with E-state index in [1.807, 2.05) is 60.5 Å². The topological polar surface area (TPSA) is 58.8 Å². The molecule has 1 amide bonds. The molecular weight excluding hydrogens is 386 g/mol. The summed E-state index contributed by atoms with van der Waals surface area (Å²) >= 11 is 1.50. The molecule has 3 heterocycles. The van der Waals surface area contributed by atoms with E-state index in [4.69, 9.17) is 9.15 Å². The third kappa shape index (κ3) is 4.86. The highest BCUT2D eigenvalue weighted by atomic mass is 32.1. The van der Waals surface area contributed by atoms with Crippen LogP contribution in [0.1, 0.15) is 30.1 Å². The van der Waals surface area contributed by atoms with Gasteiger partial charge in [-0.25, -0.2) is 4.98 Å². The van der Waals surface area contributed by atoms with Crippen molar-refractivity contribution in [2.75, 3.05) is 26.2 Å². The van der Waals surface area contributed by atoms with E-state index in [1.54, 1.807) is 6.26 Å². The van der Waals surface area contributed by atoms with Crippen LogP contribution < -0.4 is 4.74 Å². The lowest BCUT2D eigenvalue weighted by molar-refractivity contribution is 0.0615. The summed E-state index contributed by atoms with van der Waals surface area (Å²) in [5, 5.41) is 2.70. The minimum atomic E-state index is 0.00455. The molecule has 1 aliphatic heterocycles. The number of benzene rings is 1. The predicted octanol–water partition coefficient (Wildman–Crippen LogP) is 4.15. The minimum absolute atomic E-state index is 0.00455. The average Bonchev–Trinajstić information content (AvgIpc) is 3.40. The van der Waals surface area contributed by atoms with Gasteiger partial charge >= 0.3 is 0 Å². The highest BCUT2D eigenvalue weighted by Crippen LogP contribution is 2.26. The molecule has 1 saturated heterocycles. The van der Waals surface area contributed by atoms with Crippen molar-refractivity contribution in [2.45, 2.75) is 26.5 Å². The van der Waals surface area contributed by atoms with Gasteiger partial charge < -0.3 is 14.1 Å². The van der Waals surface area contributed by atoms with E-state index >= 15 is 0 Å². The maximum atomic E-state index is 12.9. The highest BCUT2D eigenvalue weighted by Gasteiger charge is 2.24. The summed E-state index contributed by atoms with van der Waals surface area (Å²) in [6, 6.07) is 11.7. The molecule has 1 aliphatic rings. The molecule has 0 aliphatic carbocycles. The third-order valence-electron chi connectivity index (χ3n) is 4.82. The second-order valence-corrected chi connectivity index (χ2v) is 8.23. The normalized spacial score (nSPS) is 15.1. The zero-order chi connectivity index (χ0) is 20.2. The number of nitrogens with zero attached hydrogens (tertiary/aromatic N) is 3. The number of hydrogen-bond acceptors (Lipinski definition) is 6. The lowest BCUT2D eigenvalue weighted by Crippen LogP contribution is -2.48. The fourth-order valence-electron chi connectivity index (χ4n) is 3.35. The highest BCUT2D eigenvalue weighted by molar-refractivity contribution is 7.13. The molecule has 0 N–H and O–H groups in total. The number of piperazine rings is 1. The number of furan rings is 1. The van der Waals surface area contributed by atoms with E-state index in [2.05, 4.69) is 9.88 Å². The molecule has 1 aromatic carbocycles. The van der Waals surface area contributed by atoms with E-state index in [-0.39, 0.29) is 12.0 Å². The first-order valence-corrected chi connectivity index (χ1v) is 10.7. The van der Waals surface area contributed by atoms with Crippen molar-refractivity contribution in [3.05, 3.63) is 59.5 Å². The Labute approximate surface area is 174 Å². The molecule has 29 heavy (non-hydrogen) atoms. The SMILES string of the molecule is CC(C)Oc1ccc(-c2nc(C(=O)N3CCN(Cc4ccco4)CC3)cs2)cc1. The van der Waals surface area contributed by atoms with E-state index in [1.165, 1.54) is 11.3 Å². The van der Waals surface area contributed by atoms with Crippen molar-refractivity contribution < 1.29 is 13.9 Å². The van der Waals surface area contributed by atoms with Gasteiger partial charge in [-0.15, -0.1) is 11.3 Å². The molecule has 6 nitrogen and oxygen atoms in total. The number of amides is 1. The van der Waals surface area contributed by atoms with E-state index < -0.39 is 0 Å². The Morgan fingerprint density at radius 1 is 1.17 bits per heavy atom. The number of carbonyl (C=O) groups is 1. The summed E-state index contributed by atoms with van der Waals surface area (Å²) in [5.41, 5.74) is 1.51. The van der Waals surface area contributed by atoms with Crippen molar-refractivity contribution in [3.8, 4) is 16.3 Å². The quantitative estimate of drug-likeness (QED) is 0.610. The van der Waals surface area contributed by atoms with Gasteiger partial charge in [0.25, 0.3) is 5.91 Å². The predicted molar refractivity (Wildman–Crippen MR) is 113 cm³/mol. The van der Waals surface area contributed by atoms with Gasteiger partial charge in [0.05, 0.1) is 18.9 Å². The number of aromatic nitrogens is 1. The molecular formula is C22H25N3O3S. The zero-order valence-corrected chi connectivity index (χ0v) is 17.5. The molecule has 0 unspecified atom stereocenters. The molecule has 7 heteroatoms. The third-order valence-corrected chi connectivity index (χ3v) is 5.71. The Balaban J connectivity index is 1.35. The van der Waals surface area contributed by atoms with Gasteiger partial charge in [-0.3, -0.25) is 9.69 Å². The minimum Gasteiger partial charge on any atom is -0.491 e. The first kappa shape index (κ1) is 19.7. The molecule has 0 atom stereocenters. The van der Waals surface area contributed by atoms with Crippen molar-refractivity contribution in [1.29, 1.82) is 0 Å². The first-order chi connectivity index (χ1) is 14.1. The number of carbonyl (C=O) groups excluding carboxylic acids is 1. The summed E-state index contributed by atoms with van der Waals surface area (Å²) in [7, 11) is 0. The van der Waals surface area contributed by atoms with Crippen LogP contribution >= 0.6 is 11.3 Å². The lowest BCUT2D eigenvalue weighted by Gasteiger charge is -2.33. The van der Waals surface area contributed by atoms with Crippen LogP contribution in [-0.2, 0) is 6.54 Å². The van der Waals surface area contributed by atoms with Gasteiger partial charge in [0.2, 0.25) is 0 Å². The first-order valence-electron chi connectivity index (χ1n) is 9.85. The van der Waals surface area contributed by atoms with E-state index in [9.17, 15) is 4.79 Å². The van der Waals surface area contributed by atoms with Gasteiger partial charge in [-0.05, 0) is 50.2 Å². The van der Waals surface area contributed by atoms with Crippen molar-refractivity contribution >= 4 is 17.2 Å². The summed E-state index contributed by atoms with van der Waals surface area (Å²) in [6.07, 6.45) is 1.84. The van der Waals surface area contributed by atoms with Gasteiger partial charge in [-0.2, -0.15) is 0 Å². The molecule has 1 fully saturated rings. The van der Waals surface area contributed by atoms with Gasteiger partial charge in [0.1, 0.15) is 22.2 Å². The lowest BCUT2D eigenvalue weighted by atomic mass is 10.2. The monoisotopic (exact) mass is 411 g/mol. The Morgan fingerprint density at radius 2 is 1.93 bits per heavy atom. The summed E-state index contributed by atoms with van der Waals surface area (Å²) in [5.74, 6) is 1.80. The fraction of sp³-hybridized carbons (Fsp3) is 0.364. The van der Waals surface area contributed by atoms with Crippen molar-refractivity contribution in [3.63, 3.8) is 0 Å². The van der Waals surface area contributed by atoms with Crippen LogP contribution in [-0.4, -0.2) is 53.0 Å². The second-order valence-electron chi connectivity index (χ2n) is 7.38. The van der Waals surface area contributed by atoms with Crippen LogP contribution in [0.15, 0.2) is 52.5 Å². The van der Waals surface area contributed by atoms with E-state index in [0.29, 0.717) is 18.8 Å². The number of thiazole rings is 1. The van der Waals surface area contributed by atoms with Crippen LogP contribution in [0.3, 0.4) is 0 Å². The van der Waals surface area contributed by atoms with Crippen molar-refractivity contribution in [2.24, 2.45) is 0 Å². The molecule has 2 aromatic heterocycles. The maximum Gasteiger partial charge on any atom is 0.273 e. The Morgan fingerprint density at radius 3 is 2.59 bits per heavy atom. The largest absolute Gasteiger partial charge is 0.491 e. The molecule has 0 radical (unpaired) electrons. The molecule has 3 aromatic rings. The Bertz CT molecular complexity index is 927. The van der Waals surface area contributed by atoms with Crippen molar-refractivity contribution in [1.82, 2.24) is 14.8 Å². The maximum absolute atomic E-state index is 12.9. The van der Waals surface area contributed by atoms with Crippen LogP contribution in [0.25, 0.3) is 10.6 Å². The zero-order valence-electron chi connectivity index (χ0n) is 16.7. The van der Waals surface area contributed by atoms with Crippen LogP contribution in [0.5, 0.6) is 5.75 Å². The Hall–Kier alpha value is -2.64. The molecule has 0 spiro atoms. The Kier molecular flexibility index (Phi) is 5.97. The van der Waals surface area contributed by atoms with Crippen LogP contribution in [0.2, 0.25) is 0 Å². The number of rotatable bonds is 6. The standard InChI is InChI=1S/C22H25N3O3S/c1-16(2)28-18-7-5-17(6-8-18)21-23-20(15-29-21)22(26)25-11-9-24(10-12-25)14-19-4-3-13-27-19/h3-8,13,15-16H,9-12,14H2,1-2H3. The summed E-state index contributed by atoms with van der Waals surface area (Å²) in [6.45, 7) is 7.86. The fourth-order valence-corrected chi connectivity index (χ4v) is 4.15. The van der Waals surface area contributed by atoms with Gasteiger partial charge in [0, 0.05) is 37.1 Å². The van der Waals surface area contributed by atoms with E-state index in [0.717, 1.165) is 41.7 Å². The van der Waals surface area contributed by atoms with Gasteiger partial charge in [0.15, 0.2) is 0 Å². The van der Waals surface area contributed by atoms with Crippen LogP contribution in [0.4, 0.5) is 0 Å². The average molecular weight is 412 g/mol. The van der Waals surface area contributed by atoms with Gasteiger partial charge in [-0.1, -0.05) is 0 Å². The number of ether oxygens (including phenoxy) is 1. The summed E-state index contributed by atoms with van der Waals surface area (Å²) in [4.78, 5) is 21.6. The molecule has 152 valence electrons. The smallest absolute Gasteiger partial charge is 0.273 e. The van der Waals surface area contributed by atoms with Crippen LogP contribution in [0, 0.1) is 0 Å². The number of hydrogen-bond donors (Lipinski definition) is 0. The molecule has 0 bridgehead atoms.